The van der Waals surface area contributed by atoms with Crippen LogP contribution < -0.4 is 0 Å². The van der Waals surface area contributed by atoms with Crippen molar-refractivity contribution in [1.82, 2.24) is 4.90 Å². The highest BCUT2D eigenvalue weighted by Gasteiger charge is 2.40. The number of para-hydroxylation sites is 1. The van der Waals surface area contributed by atoms with Crippen LogP contribution in [0.4, 0.5) is 5.69 Å². The first kappa shape index (κ1) is 20.1. The normalized spacial score (nSPS) is 21.0. The van der Waals surface area contributed by atoms with Crippen LogP contribution in [0.5, 0.6) is 0 Å². The van der Waals surface area contributed by atoms with Crippen LogP contribution in [0.2, 0.25) is 5.02 Å². The molecule has 0 unspecified atom stereocenters. The SMILES string of the molecule is O=C1/C(=C/c2ccc(Cl)cc2)SC(=Nc2ccccc2)N1[C@@H]1CCCc2ccccc21. The maximum Gasteiger partial charge on any atom is 0.267 e. The number of thioether (sulfide) groups is 1. The number of amidine groups is 1. The van der Waals surface area contributed by atoms with Crippen molar-refractivity contribution in [2.45, 2.75) is 25.3 Å². The fourth-order valence-corrected chi connectivity index (χ4v) is 5.32. The van der Waals surface area contributed by atoms with Crippen LogP contribution in [0.3, 0.4) is 0 Å². The fraction of sp³-hybridized carbons (Fsp3) is 0.154. The Bertz CT molecular complexity index is 1170. The molecule has 0 radical (unpaired) electrons. The Balaban J connectivity index is 1.57. The number of halogens is 1. The molecule has 0 aromatic heterocycles. The molecule has 1 aliphatic carbocycles. The van der Waals surface area contributed by atoms with Crippen LogP contribution >= 0.6 is 23.4 Å². The van der Waals surface area contributed by atoms with Gasteiger partial charge in [0.25, 0.3) is 5.91 Å². The molecule has 5 heteroatoms. The number of nitrogens with zero attached hydrogens (tertiary/aromatic N) is 2. The molecule has 3 nitrogen and oxygen atoms in total. The predicted molar refractivity (Wildman–Crippen MR) is 130 cm³/mol. The van der Waals surface area contributed by atoms with Gasteiger partial charge in [0.05, 0.1) is 16.6 Å². The highest BCUT2D eigenvalue weighted by atomic mass is 35.5. The van der Waals surface area contributed by atoms with E-state index in [0.29, 0.717) is 9.93 Å². The van der Waals surface area contributed by atoms with Gasteiger partial charge in [-0.15, -0.1) is 0 Å². The second kappa shape index (κ2) is 8.74. The average Bonchev–Trinajstić information content (AvgIpc) is 3.10. The zero-order valence-corrected chi connectivity index (χ0v) is 18.4. The molecule has 31 heavy (non-hydrogen) atoms. The van der Waals surface area contributed by atoms with Crippen molar-refractivity contribution in [2.75, 3.05) is 0 Å². The average molecular weight is 445 g/mol. The van der Waals surface area contributed by atoms with Crippen molar-refractivity contribution in [3.05, 3.63) is 105 Å². The maximum absolute atomic E-state index is 13.6. The molecule has 0 bridgehead atoms. The summed E-state index contributed by atoms with van der Waals surface area (Å²) in [5.41, 5.74) is 4.35. The minimum absolute atomic E-state index is 0.00327. The molecular weight excluding hydrogens is 424 g/mol. The quantitative estimate of drug-likeness (QED) is 0.406. The Labute approximate surface area is 191 Å². The van der Waals surface area contributed by atoms with Gasteiger partial charge in [-0.2, -0.15) is 0 Å². The molecule has 5 rings (SSSR count). The third-order valence-corrected chi connectivity index (χ3v) is 6.87. The van der Waals surface area contributed by atoms with Gasteiger partial charge in [-0.05, 0) is 78.1 Å². The molecule has 1 aliphatic heterocycles. The van der Waals surface area contributed by atoms with Gasteiger partial charge in [-0.3, -0.25) is 9.69 Å². The van der Waals surface area contributed by atoms with E-state index < -0.39 is 0 Å². The standard InChI is InChI=1S/C26H21ClN2OS/c27-20-15-13-18(14-16-20)17-24-25(30)29(26(31-24)28-21-9-2-1-3-10-21)23-12-6-8-19-7-4-5-11-22(19)23/h1-5,7,9-11,13-17,23H,6,8,12H2/b24-17-,28-26?/t23-/m1/s1. The smallest absolute Gasteiger partial charge is 0.267 e. The molecular formula is C26H21ClN2OS. The van der Waals surface area contributed by atoms with E-state index in [0.717, 1.165) is 35.7 Å². The summed E-state index contributed by atoms with van der Waals surface area (Å²) in [7, 11) is 0. The summed E-state index contributed by atoms with van der Waals surface area (Å²) in [5, 5.41) is 1.41. The van der Waals surface area contributed by atoms with Gasteiger partial charge in [0.1, 0.15) is 0 Å². The Kier molecular flexibility index (Phi) is 5.66. The summed E-state index contributed by atoms with van der Waals surface area (Å²) in [6.07, 6.45) is 4.98. The van der Waals surface area contributed by atoms with E-state index in [4.69, 9.17) is 16.6 Å². The molecule has 1 fully saturated rings. The summed E-state index contributed by atoms with van der Waals surface area (Å²) in [6, 6.07) is 25.8. The van der Waals surface area contributed by atoms with Gasteiger partial charge in [-0.25, -0.2) is 4.99 Å². The number of carbonyl (C=O) groups is 1. The molecule has 154 valence electrons. The minimum Gasteiger partial charge on any atom is -0.279 e. The molecule has 1 heterocycles. The Morgan fingerprint density at radius 3 is 2.52 bits per heavy atom. The van der Waals surface area contributed by atoms with E-state index in [-0.39, 0.29) is 11.9 Å². The molecule has 1 atom stereocenters. The van der Waals surface area contributed by atoms with Crippen LogP contribution in [-0.4, -0.2) is 16.0 Å². The van der Waals surface area contributed by atoms with Crippen LogP contribution in [0, 0.1) is 0 Å². The van der Waals surface area contributed by atoms with E-state index in [1.54, 1.807) is 0 Å². The zero-order chi connectivity index (χ0) is 21.2. The van der Waals surface area contributed by atoms with Gasteiger partial charge in [0.15, 0.2) is 5.17 Å². The molecule has 0 spiro atoms. The summed E-state index contributed by atoms with van der Waals surface area (Å²) < 4.78 is 0. The van der Waals surface area contributed by atoms with Crippen molar-refractivity contribution < 1.29 is 4.79 Å². The summed E-state index contributed by atoms with van der Waals surface area (Å²) in [5.74, 6) is 0.0105. The maximum atomic E-state index is 13.6. The number of aryl methyl sites for hydroxylation is 1. The lowest BCUT2D eigenvalue weighted by atomic mass is 9.87. The third-order valence-electron chi connectivity index (χ3n) is 5.64. The van der Waals surface area contributed by atoms with E-state index in [1.807, 2.05) is 65.6 Å². The van der Waals surface area contributed by atoms with Gasteiger partial charge < -0.3 is 0 Å². The number of carbonyl (C=O) groups excluding carboxylic acids is 1. The van der Waals surface area contributed by atoms with Crippen molar-refractivity contribution in [1.29, 1.82) is 0 Å². The predicted octanol–water partition coefficient (Wildman–Crippen LogP) is 7.02. The van der Waals surface area contributed by atoms with Crippen LogP contribution in [-0.2, 0) is 11.2 Å². The topological polar surface area (TPSA) is 32.7 Å². The second-order valence-corrected chi connectivity index (χ2v) is 9.12. The first-order valence-electron chi connectivity index (χ1n) is 10.4. The number of hydrogen-bond acceptors (Lipinski definition) is 3. The number of hydrogen-bond donors (Lipinski definition) is 0. The van der Waals surface area contributed by atoms with Gasteiger partial charge in [0, 0.05) is 5.02 Å². The fourth-order valence-electron chi connectivity index (χ4n) is 4.16. The zero-order valence-electron chi connectivity index (χ0n) is 16.9. The highest BCUT2D eigenvalue weighted by molar-refractivity contribution is 8.18. The lowest BCUT2D eigenvalue weighted by Crippen LogP contribution is -2.35. The van der Waals surface area contributed by atoms with E-state index in [1.165, 1.54) is 22.9 Å². The molecule has 1 saturated heterocycles. The van der Waals surface area contributed by atoms with Gasteiger partial charge in [-0.1, -0.05) is 66.2 Å². The highest BCUT2D eigenvalue weighted by Crippen LogP contribution is 2.43. The number of fused-ring (bicyclic) bond motifs is 1. The van der Waals surface area contributed by atoms with Crippen molar-refractivity contribution in [2.24, 2.45) is 4.99 Å². The summed E-state index contributed by atoms with van der Waals surface area (Å²) in [4.78, 5) is 21.1. The van der Waals surface area contributed by atoms with E-state index in [2.05, 4.69) is 24.3 Å². The number of benzene rings is 3. The van der Waals surface area contributed by atoms with Gasteiger partial charge in [0.2, 0.25) is 0 Å². The number of rotatable bonds is 3. The molecule has 0 N–H and O–H groups in total. The molecule has 3 aromatic carbocycles. The Morgan fingerprint density at radius 2 is 1.71 bits per heavy atom. The van der Waals surface area contributed by atoms with E-state index in [9.17, 15) is 4.79 Å². The minimum atomic E-state index is 0.00327. The second-order valence-electron chi connectivity index (χ2n) is 7.67. The largest absolute Gasteiger partial charge is 0.279 e. The molecule has 2 aliphatic rings. The van der Waals surface area contributed by atoms with Crippen molar-refractivity contribution in [3.63, 3.8) is 0 Å². The number of amides is 1. The van der Waals surface area contributed by atoms with Crippen LogP contribution in [0.15, 0.2) is 88.8 Å². The lowest BCUT2D eigenvalue weighted by molar-refractivity contribution is -0.124. The van der Waals surface area contributed by atoms with E-state index >= 15 is 0 Å². The van der Waals surface area contributed by atoms with Crippen molar-refractivity contribution in [3.8, 4) is 0 Å². The Hall–Kier alpha value is -2.82. The van der Waals surface area contributed by atoms with Crippen LogP contribution in [0.1, 0.15) is 35.6 Å². The monoisotopic (exact) mass is 444 g/mol. The first-order chi connectivity index (χ1) is 15.2. The van der Waals surface area contributed by atoms with Gasteiger partial charge >= 0.3 is 0 Å². The van der Waals surface area contributed by atoms with Crippen LogP contribution in [0.25, 0.3) is 6.08 Å². The molecule has 1 amide bonds. The lowest BCUT2D eigenvalue weighted by Gasteiger charge is -2.32. The van der Waals surface area contributed by atoms with Crippen molar-refractivity contribution >= 4 is 46.2 Å². The Morgan fingerprint density at radius 1 is 0.968 bits per heavy atom. The first-order valence-corrected chi connectivity index (χ1v) is 11.6. The summed E-state index contributed by atoms with van der Waals surface area (Å²) in [6.45, 7) is 0. The molecule has 0 saturated carbocycles. The summed E-state index contributed by atoms with van der Waals surface area (Å²) >= 11 is 7.47. The molecule has 3 aromatic rings. The third kappa shape index (κ3) is 4.18. The number of aliphatic imine (C=N–C) groups is 1.